The molecule has 0 aliphatic carbocycles. The zero-order chi connectivity index (χ0) is 13.0. The number of urea groups is 1. The summed E-state index contributed by atoms with van der Waals surface area (Å²) < 4.78 is 0. The SMILES string of the molecule is NC(=O)C1CCCN(C(=O)NCc2cccs2)C1. The molecule has 3 N–H and O–H groups in total. The molecular formula is C12H17N3O2S. The van der Waals surface area contributed by atoms with E-state index in [1.807, 2.05) is 17.5 Å². The normalized spacial score (nSPS) is 19.6. The molecule has 2 rings (SSSR count). The molecule has 18 heavy (non-hydrogen) atoms. The fourth-order valence-electron chi connectivity index (χ4n) is 2.08. The summed E-state index contributed by atoms with van der Waals surface area (Å²) in [7, 11) is 0. The van der Waals surface area contributed by atoms with Crippen molar-refractivity contribution >= 4 is 23.3 Å². The van der Waals surface area contributed by atoms with Crippen LogP contribution in [0.2, 0.25) is 0 Å². The van der Waals surface area contributed by atoms with E-state index < -0.39 is 0 Å². The number of nitrogens with one attached hydrogen (secondary N) is 1. The smallest absolute Gasteiger partial charge is 0.317 e. The lowest BCUT2D eigenvalue weighted by molar-refractivity contribution is -0.123. The first-order valence-corrected chi connectivity index (χ1v) is 6.89. The molecule has 1 unspecified atom stereocenters. The predicted octanol–water partition coefficient (Wildman–Crippen LogP) is 1.15. The second-order valence-corrected chi connectivity index (χ2v) is 5.46. The second kappa shape index (κ2) is 5.86. The van der Waals surface area contributed by atoms with Crippen LogP contribution in [-0.4, -0.2) is 29.9 Å². The number of rotatable bonds is 3. The lowest BCUT2D eigenvalue weighted by Gasteiger charge is -2.31. The molecule has 1 saturated heterocycles. The number of primary amides is 1. The van der Waals surface area contributed by atoms with E-state index in [0.717, 1.165) is 17.7 Å². The average molecular weight is 267 g/mol. The molecule has 2 heterocycles. The number of carbonyl (C=O) groups excluding carboxylic acids is 2. The van der Waals surface area contributed by atoms with E-state index in [1.165, 1.54) is 0 Å². The van der Waals surface area contributed by atoms with Crippen molar-refractivity contribution in [2.45, 2.75) is 19.4 Å². The van der Waals surface area contributed by atoms with Crippen molar-refractivity contribution in [1.29, 1.82) is 0 Å². The molecule has 0 aromatic carbocycles. The van der Waals surface area contributed by atoms with Crippen molar-refractivity contribution in [3.8, 4) is 0 Å². The van der Waals surface area contributed by atoms with Gasteiger partial charge < -0.3 is 16.0 Å². The monoisotopic (exact) mass is 267 g/mol. The van der Waals surface area contributed by atoms with Gasteiger partial charge in [-0.25, -0.2) is 4.79 Å². The van der Waals surface area contributed by atoms with Gasteiger partial charge >= 0.3 is 6.03 Å². The van der Waals surface area contributed by atoms with E-state index in [1.54, 1.807) is 16.2 Å². The topological polar surface area (TPSA) is 75.4 Å². The molecule has 98 valence electrons. The highest BCUT2D eigenvalue weighted by atomic mass is 32.1. The number of hydrogen-bond donors (Lipinski definition) is 2. The van der Waals surface area contributed by atoms with Crippen molar-refractivity contribution in [2.75, 3.05) is 13.1 Å². The van der Waals surface area contributed by atoms with Crippen LogP contribution in [-0.2, 0) is 11.3 Å². The van der Waals surface area contributed by atoms with Gasteiger partial charge in [0.25, 0.3) is 0 Å². The van der Waals surface area contributed by atoms with Crippen molar-refractivity contribution in [2.24, 2.45) is 11.7 Å². The van der Waals surface area contributed by atoms with Gasteiger partial charge in [-0.2, -0.15) is 0 Å². The molecule has 1 aliphatic heterocycles. The summed E-state index contributed by atoms with van der Waals surface area (Å²) in [6.45, 7) is 1.67. The summed E-state index contributed by atoms with van der Waals surface area (Å²) in [4.78, 5) is 25.9. The number of amides is 3. The van der Waals surface area contributed by atoms with Gasteiger partial charge in [-0.1, -0.05) is 6.07 Å². The van der Waals surface area contributed by atoms with E-state index in [-0.39, 0.29) is 17.9 Å². The number of nitrogens with two attached hydrogens (primary N) is 1. The van der Waals surface area contributed by atoms with E-state index in [0.29, 0.717) is 19.6 Å². The first-order chi connectivity index (χ1) is 8.66. The number of hydrogen-bond acceptors (Lipinski definition) is 3. The minimum Gasteiger partial charge on any atom is -0.369 e. The Balaban J connectivity index is 1.83. The molecule has 6 heteroatoms. The Morgan fingerprint density at radius 1 is 1.56 bits per heavy atom. The second-order valence-electron chi connectivity index (χ2n) is 4.43. The van der Waals surface area contributed by atoms with Crippen molar-refractivity contribution in [3.05, 3.63) is 22.4 Å². The van der Waals surface area contributed by atoms with Crippen LogP contribution in [0.4, 0.5) is 4.79 Å². The number of likely N-dealkylation sites (tertiary alicyclic amines) is 1. The maximum absolute atomic E-state index is 11.9. The Morgan fingerprint density at radius 3 is 3.06 bits per heavy atom. The van der Waals surface area contributed by atoms with Gasteiger partial charge in [0.1, 0.15) is 0 Å². The van der Waals surface area contributed by atoms with Gasteiger partial charge in [0.2, 0.25) is 5.91 Å². The van der Waals surface area contributed by atoms with Gasteiger partial charge in [-0.3, -0.25) is 4.79 Å². The fourth-order valence-corrected chi connectivity index (χ4v) is 2.73. The van der Waals surface area contributed by atoms with Crippen LogP contribution < -0.4 is 11.1 Å². The number of piperidine rings is 1. The van der Waals surface area contributed by atoms with Crippen LogP contribution in [0.1, 0.15) is 17.7 Å². The first kappa shape index (κ1) is 12.9. The molecule has 1 fully saturated rings. The average Bonchev–Trinajstić information content (AvgIpc) is 2.89. The summed E-state index contributed by atoms with van der Waals surface area (Å²) in [5.74, 6) is -0.517. The van der Waals surface area contributed by atoms with Crippen LogP contribution in [0.5, 0.6) is 0 Å². The minimum atomic E-state index is -0.314. The Kier molecular flexibility index (Phi) is 4.19. The van der Waals surface area contributed by atoms with Gasteiger partial charge in [0.05, 0.1) is 12.5 Å². The number of thiophene rings is 1. The Morgan fingerprint density at radius 2 is 2.39 bits per heavy atom. The predicted molar refractivity (Wildman–Crippen MR) is 70.0 cm³/mol. The molecule has 1 aromatic heterocycles. The lowest BCUT2D eigenvalue weighted by atomic mass is 9.98. The molecule has 0 radical (unpaired) electrons. The number of nitrogens with zero attached hydrogens (tertiary/aromatic N) is 1. The Bertz CT molecular complexity index is 419. The standard InChI is InChI=1S/C12H17N3O2S/c13-11(16)9-3-1-5-15(8-9)12(17)14-7-10-4-2-6-18-10/h2,4,6,9H,1,3,5,7-8H2,(H2,13,16)(H,14,17). The highest BCUT2D eigenvalue weighted by Gasteiger charge is 2.26. The minimum absolute atomic E-state index is 0.116. The maximum Gasteiger partial charge on any atom is 0.317 e. The highest BCUT2D eigenvalue weighted by Crippen LogP contribution is 2.16. The first-order valence-electron chi connectivity index (χ1n) is 6.01. The van der Waals surface area contributed by atoms with Gasteiger partial charge in [0.15, 0.2) is 0 Å². The molecule has 1 aliphatic rings. The molecule has 1 atom stereocenters. The molecule has 0 spiro atoms. The third kappa shape index (κ3) is 3.22. The largest absolute Gasteiger partial charge is 0.369 e. The van der Waals surface area contributed by atoms with Gasteiger partial charge in [0, 0.05) is 18.0 Å². The van der Waals surface area contributed by atoms with Crippen LogP contribution in [0.15, 0.2) is 17.5 Å². The molecule has 0 bridgehead atoms. The summed E-state index contributed by atoms with van der Waals surface area (Å²) in [5, 5.41) is 4.84. The van der Waals surface area contributed by atoms with Crippen LogP contribution in [0, 0.1) is 5.92 Å². The highest BCUT2D eigenvalue weighted by molar-refractivity contribution is 7.09. The lowest BCUT2D eigenvalue weighted by Crippen LogP contribution is -2.47. The third-order valence-corrected chi connectivity index (χ3v) is 3.98. The Labute approximate surface area is 110 Å². The number of carbonyl (C=O) groups is 2. The zero-order valence-corrected chi connectivity index (χ0v) is 10.9. The van der Waals surface area contributed by atoms with Crippen LogP contribution in [0.25, 0.3) is 0 Å². The molecule has 1 aromatic rings. The van der Waals surface area contributed by atoms with Gasteiger partial charge in [-0.05, 0) is 24.3 Å². The van der Waals surface area contributed by atoms with Crippen LogP contribution >= 0.6 is 11.3 Å². The molecule has 0 saturated carbocycles. The van der Waals surface area contributed by atoms with Crippen LogP contribution in [0.3, 0.4) is 0 Å². The van der Waals surface area contributed by atoms with E-state index in [9.17, 15) is 9.59 Å². The van der Waals surface area contributed by atoms with Crippen molar-refractivity contribution in [3.63, 3.8) is 0 Å². The third-order valence-electron chi connectivity index (χ3n) is 3.10. The summed E-state index contributed by atoms with van der Waals surface area (Å²) in [6, 6.07) is 3.82. The molecule has 3 amide bonds. The molecule has 5 nitrogen and oxygen atoms in total. The zero-order valence-electron chi connectivity index (χ0n) is 10.1. The molecular weight excluding hydrogens is 250 g/mol. The quantitative estimate of drug-likeness (QED) is 0.862. The van der Waals surface area contributed by atoms with Crippen molar-refractivity contribution in [1.82, 2.24) is 10.2 Å². The van der Waals surface area contributed by atoms with Crippen molar-refractivity contribution < 1.29 is 9.59 Å². The van der Waals surface area contributed by atoms with Gasteiger partial charge in [-0.15, -0.1) is 11.3 Å². The van der Waals surface area contributed by atoms with E-state index in [2.05, 4.69) is 5.32 Å². The maximum atomic E-state index is 11.9. The summed E-state index contributed by atoms with van der Waals surface area (Å²) in [6.07, 6.45) is 1.62. The van der Waals surface area contributed by atoms with E-state index >= 15 is 0 Å². The Hall–Kier alpha value is -1.56. The summed E-state index contributed by atoms with van der Waals surface area (Å²) >= 11 is 1.61. The summed E-state index contributed by atoms with van der Waals surface area (Å²) in [5.41, 5.74) is 5.29. The van der Waals surface area contributed by atoms with E-state index in [4.69, 9.17) is 5.73 Å². The fraction of sp³-hybridized carbons (Fsp3) is 0.500.